The van der Waals surface area contributed by atoms with Crippen molar-refractivity contribution in [1.29, 1.82) is 0 Å². The van der Waals surface area contributed by atoms with E-state index < -0.39 is 9.84 Å². The highest BCUT2D eigenvalue weighted by Crippen LogP contribution is 2.20. The molecule has 102 valence electrons. The Morgan fingerprint density at radius 1 is 1.06 bits per heavy atom. The van der Waals surface area contributed by atoms with E-state index in [2.05, 4.69) is 6.92 Å². The summed E-state index contributed by atoms with van der Waals surface area (Å²) in [7, 11) is -3.14. The van der Waals surface area contributed by atoms with Crippen molar-refractivity contribution in [1.82, 2.24) is 0 Å². The minimum atomic E-state index is -3.14. The van der Waals surface area contributed by atoms with E-state index in [1.54, 1.807) is 12.1 Å². The molecule has 0 spiro atoms. The monoisotopic (exact) mass is 268 g/mol. The van der Waals surface area contributed by atoms with Crippen LogP contribution in [-0.4, -0.2) is 13.7 Å². The molecule has 1 aromatic carbocycles. The largest absolute Gasteiger partial charge is 0.223 e. The first-order chi connectivity index (χ1) is 8.48. The van der Waals surface area contributed by atoms with Gasteiger partial charge in [-0.3, -0.25) is 0 Å². The van der Waals surface area contributed by atoms with Crippen molar-refractivity contribution < 1.29 is 8.42 Å². The van der Waals surface area contributed by atoms with Crippen molar-refractivity contribution in [3.8, 4) is 0 Å². The zero-order chi connectivity index (χ0) is 13.6. The second-order valence-electron chi connectivity index (χ2n) is 5.02. The van der Waals surface area contributed by atoms with Crippen LogP contribution in [0.3, 0.4) is 0 Å². The number of aryl methyl sites for hydroxylation is 1. The molecule has 0 bridgehead atoms. The molecular weight excluding hydrogens is 244 g/mol. The van der Waals surface area contributed by atoms with Crippen LogP contribution >= 0.6 is 0 Å². The Kier molecular flexibility index (Phi) is 5.86. The number of sulfone groups is 1. The van der Waals surface area contributed by atoms with Gasteiger partial charge < -0.3 is 0 Å². The van der Waals surface area contributed by atoms with E-state index in [0.29, 0.717) is 4.90 Å². The fourth-order valence-corrected chi connectivity index (χ4v) is 3.43. The maximum atomic E-state index is 12.3. The molecule has 2 nitrogen and oxygen atoms in total. The number of rotatable bonds is 7. The van der Waals surface area contributed by atoms with Crippen LogP contribution in [0.25, 0.3) is 0 Å². The van der Waals surface area contributed by atoms with Crippen LogP contribution in [-0.2, 0) is 9.84 Å². The topological polar surface area (TPSA) is 34.1 Å². The van der Waals surface area contributed by atoms with E-state index in [9.17, 15) is 8.42 Å². The minimum absolute atomic E-state index is 0.280. The van der Waals surface area contributed by atoms with Crippen molar-refractivity contribution in [3.05, 3.63) is 29.8 Å². The molecule has 0 saturated carbocycles. The van der Waals surface area contributed by atoms with Gasteiger partial charge in [0.25, 0.3) is 0 Å². The van der Waals surface area contributed by atoms with Crippen LogP contribution in [0.4, 0.5) is 0 Å². The Balaban J connectivity index is 2.65. The van der Waals surface area contributed by atoms with E-state index in [4.69, 9.17) is 0 Å². The summed E-state index contributed by atoms with van der Waals surface area (Å²) in [4.78, 5) is 0.455. The molecule has 0 amide bonds. The van der Waals surface area contributed by atoms with Gasteiger partial charge in [0, 0.05) is 0 Å². The molecule has 0 aromatic heterocycles. The molecule has 0 N–H and O–H groups in total. The Labute approximate surface area is 111 Å². The van der Waals surface area contributed by atoms with Crippen molar-refractivity contribution in [2.45, 2.75) is 63.0 Å². The van der Waals surface area contributed by atoms with E-state index in [0.717, 1.165) is 24.8 Å². The lowest BCUT2D eigenvalue weighted by molar-refractivity contribution is 0.563. The maximum Gasteiger partial charge on any atom is 0.180 e. The van der Waals surface area contributed by atoms with Crippen LogP contribution in [0.2, 0.25) is 0 Å². The lowest BCUT2D eigenvalue weighted by Gasteiger charge is -2.13. The van der Waals surface area contributed by atoms with E-state index in [1.807, 2.05) is 26.0 Å². The van der Waals surface area contributed by atoms with Crippen LogP contribution in [0, 0.1) is 6.92 Å². The molecule has 1 rings (SSSR count). The molecule has 0 fully saturated rings. The van der Waals surface area contributed by atoms with Crippen molar-refractivity contribution in [3.63, 3.8) is 0 Å². The Hall–Kier alpha value is -0.830. The summed E-state index contributed by atoms with van der Waals surface area (Å²) in [5.41, 5.74) is 1.09. The highest BCUT2D eigenvalue weighted by atomic mass is 32.2. The van der Waals surface area contributed by atoms with Crippen LogP contribution in [0.15, 0.2) is 29.2 Å². The molecule has 0 saturated heterocycles. The average Bonchev–Trinajstić information content (AvgIpc) is 2.35. The van der Waals surface area contributed by atoms with Gasteiger partial charge in [-0.05, 0) is 32.4 Å². The standard InChI is InChI=1S/C15H24O2S/c1-4-5-6-7-8-14(3)18(16,17)15-11-9-13(2)10-12-15/h9-12,14H,4-8H2,1-3H3/t14-/m0/s1. The molecule has 0 aliphatic heterocycles. The summed E-state index contributed by atoms with van der Waals surface area (Å²) in [5, 5.41) is -0.280. The van der Waals surface area contributed by atoms with Crippen LogP contribution in [0.5, 0.6) is 0 Å². The number of hydrogen-bond acceptors (Lipinski definition) is 2. The second-order valence-corrected chi connectivity index (χ2v) is 7.38. The molecule has 3 heteroatoms. The first-order valence-electron chi connectivity index (χ1n) is 6.79. The molecule has 0 heterocycles. The zero-order valence-corrected chi connectivity index (χ0v) is 12.5. The number of hydrogen-bond donors (Lipinski definition) is 0. The van der Waals surface area contributed by atoms with Crippen LogP contribution in [0.1, 0.15) is 51.5 Å². The highest BCUT2D eigenvalue weighted by molar-refractivity contribution is 7.92. The zero-order valence-electron chi connectivity index (χ0n) is 11.6. The second kappa shape index (κ2) is 6.93. The molecule has 1 atom stereocenters. The van der Waals surface area contributed by atoms with Gasteiger partial charge in [-0.2, -0.15) is 0 Å². The third-order valence-corrected chi connectivity index (χ3v) is 5.57. The summed E-state index contributed by atoms with van der Waals surface area (Å²) >= 11 is 0. The predicted octanol–water partition coefficient (Wildman–Crippen LogP) is 4.13. The molecule has 18 heavy (non-hydrogen) atoms. The third kappa shape index (κ3) is 4.13. The minimum Gasteiger partial charge on any atom is -0.223 e. The van der Waals surface area contributed by atoms with Crippen molar-refractivity contribution in [2.75, 3.05) is 0 Å². The average molecular weight is 268 g/mol. The third-order valence-electron chi connectivity index (χ3n) is 3.34. The Morgan fingerprint density at radius 3 is 2.22 bits per heavy atom. The van der Waals surface area contributed by atoms with Gasteiger partial charge in [-0.15, -0.1) is 0 Å². The molecule has 0 radical (unpaired) electrons. The predicted molar refractivity (Wildman–Crippen MR) is 76.6 cm³/mol. The van der Waals surface area contributed by atoms with Gasteiger partial charge in [0.05, 0.1) is 10.1 Å². The molecule has 0 unspecified atom stereocenters. The first kappa shape index (κ1) is 15.2. The van der Waals surface area contributed by atoms with Gasteiger partial charge >= 0.3 is 0 Å². The number of benzene rings is 1. The van der Waals surface area contributed by atoms with Gasteiger partial charge in [-0.25, -0.2) is 8.42 Å². The summed E-state index contributed by atoms with van der Waals surface area (Å²) in [6.07, 6.45) is 5.26. The lowest BCUT2D eigenvalue weighted by Crippen LogP contribution is -2.17. The first-order valence-corrected chi connectivity index (χ1v) is 8.33. The Morgan fingerprint density at radius 2 is 1.67 bits per heavy atom. The van der Waals surface area contributed by atoms with Crippen molar-refractivity contribution >= 4 is 9.84 Å². The van der Waals surface area contributed by atoms with Crippen LogP contribution < -0.4 is 0 Å². The van der Waals surface area contributed by atoms with Gasteiger partial charge in [0.15, 0.2) is 9.84 Å². The molecule has 0 aliphatic rings. The summed E-state index contributed by atoms with van der Waals surface area (Å²) < 4.78 is 24.6. The lowest BCUT2D eigenvalue weighted by atomic mass is 10.1. The summed E-state index contributed by atoms with van der Waals surface area (Å²) in [6.45, 7) is 5.94. The van der Waals surface area contributed by atoms with Gasteiger partial charge in [0.1, 0.15) is 0 Å². The quantitative estimate of drug-likeness (QED) is 0.697. The fourth-order valence-electron chi connectivity index (χ4n) is 1.97. The normalized spacial score (nSPS) is 13.5. The molecule has 1 aromatic rings. The number of unbranched alkanes of at least 4 members (excludes halogenated alkanes) is 3. The van der Waals surface area contributed by atoms with Gasteiger partial charge in [-0.1, -0.05) is 50.3 Å². The van der Waals surface area contributed by atoms with Crippen molar-refractivity contribution in [2.24, 2.45) is 0 Å². The smallest absolute Gasteiger partial charge is 0.180 e. The Bertz CT molecular complexity index is 446. The van der Waals surface area contributed by atoms with E-state index in [1.165, 1.54) is 12.8 Å². The molecular formula is C15H24O2S. The molecule has 0 aliphatic carbocycles. The summed E-state index contributed by atoms with van der Waals surface area (Å²) in [5.74, 6) is 0. The SMILES string of the molecule is CCCCCC[C@H](C)S(=O)(=O)c1ccc(C)cc1. The fraction of sp³-hybridized carbons (Fsp3) is 0.600. The van der Waals surface area contributed by atoms with E-state index in [-0.39, 0.29) is 5.25 Å². The highest BCUT2D eigenvalue weighted by Gasteiger charge is 2.22. The maximum absolute atomic E-state index is 12.3. The summed E-state index contributed by atoms with van der Waals surface area (Å²) in [6, 6.07) is 7.15. The van der Waals surface area contributed by atoms with Gasteiger partial charge in [0.2, 0.25) is 0 Å². The van der Waals surface area contributed by atoms with E-state index >= 15 is 0 Å².